The first-order chi connectivity index (χ1) is 8.66. The maximum Gasteiger partial charge on any atom is 0.348 e. The number of hydrogen-bond acceptors (Lipinski definition) is 5. The summed E-state index contributed by atoms with van der Waals surface area (Å²) in [6.45, 7) is 0. The topological polar surface area (TPSA) is 107 Å². The van der Waals surface area contributed by atoms with Gasteiger partial charge in [-0.3, -0.25) is 4.57 Å². The second-order valence-corrected chi connectivity index (χ2v) is 3.93. The van der Waals surface area contributed by atoms with Crippen molar-refractivity contribution in [2.24, 2.45) is 5.73 Å². The lowest BCUT2D eigenvalue weighted by atomic mass is 10.5. The third kappa shape index (κ3) is 1.49. The zero-order valence-corrected chi connectivity index (χ0v) is 9.76. The number of hydrogen-bond donors (Lipinski definition) is 2. The summed E-state index contributed by atoms with van der Waals surface area (Å²) >= 11 is 4.89. The summed E-state index contributed by atoms with van der Waals surface area (Å²) in [6, 6.07) is 1.63. The Labute approximate surface area is 105 Å². The van der Waals surface area contributed by atoms with E-state index >= 15 is 0 Å². The molecule has 0 atom stereocenters. The van der Waals surface area contributed by atoms with Crippen LogP contribution in [0.25, 0.3) is 11.5 Å². The smallest absolute Gasteiger partial charge is 0.348 e. The van der Waals surface area contributed by atoms with E-state index in [0.717, 1.165) is 0 Å². The number of thiocarbonyl (C=S) groups is 1. The molecule has 3 heterocycles. The van der Waals surface area contributed by atoms with Crippen molar-refractivity contribution >= 4 is 22.9 Å². The predicted molar refractivity (Wildman–Crippen MR) is 66.6 cm³/mol. The molecule has 3 aromatic heterocycles. The van der Waals surface area contributed by atoms with Crippen molar-refractivity contribution in [3.8, 4) is 5.82 Å². The van der Waals surface area contributed by atoms with Crippen LogP contribution in [-0.4, -0.2) is 34.1 Å². The van der Waals surface area contributed by atoms with Crippen LogP contribution >= 0.6 is 12.2 Å². The minimum Gasteiger partial charge on any atom is -0.387 e. The number of aromatic nitrogens is 6. The molecule has 0 fully saturated rings. The van der Waals surface area contributed by atoms with E-state index in [4.69, 9.17) is 18.0 Å². The van der Waals surface area contributed by atoms with E-state index in [1.165, 1.54) is 10.7 Å². The van der Waals surface area contributed by atoms with E-state index in [1.807, 2.05) is 0 Å². The Morgan fingerprint density at radius 3 is 3.06 bits per heavy atom. The maximum atomic E-state index is 11.3. The first-order valence-electron chi connectivity index (χ1n) is 4.93. The van der Waals surface area contributed by atoms with Crippen LogP contribution in [-0.2, 0) is 0 Å². The number of imidazole rings is 1. The summed E-state index contributed by atoms with van der Waals surface area (Å²) in [5, 5.41) is 6.18. The van der Waals surface area contributed by atoms with E-state index in [-0.39, 0.29) is 10.7 Å². The van der Waals surface area contributed by atoms with Crippen molar-refractivity contribution in [3.63, 3.8) is 0 Å². The monoisotopic (exact) mass is 261 g/mol. The summed E-state index contributed by atoms with van der Waals surface area (Å²) in [7, 11) is 0. The molecule has 3 N–H and O–H groups in total. The lowest BCUT2D eigenvalue weighted by molar-refractivity contribution is 0.934. The Morgan fingerprint density at radius 2 is 2.28 bits per heavy atom. The van der Waals surface area contributed by atoms with Gasteiger partial charge in [-0.15, -0.1) is 0 Å². The quantitative estimate of drug-likeness (QED) is 0.587. The maximum absolute atomic E-state index is 11.3. The molecule has 0 radical (unpaired) electrons. The largest absolute Gasteiger partial charge is 0.387 e. The number of nitrogens with two attached hydrogens (primary N) is 1. The van der Waals surface area contributed by atoms with Gasteiger partial charge in [0, 0.05) is 18.5 Å². The molecule has 0 aliphatic heterocycles. The average Bonchev–Trinajstić information content (AvgIpc) is 2.96. The normalized spacial score (nSPS) is 10.9. The lowest BCUT2D eigenvalue weighted by Gasteiger charge is -2.04. The van der Waals surface area contributed by atoms with E-state index < -0.39 is 0 Å². The Kier molecular flexibility index (Phi) is 2.20. The van der Waals surface area contributed by atoms with Gasteiger partial charge < -0.3 is 5.73 Å². The third-order valence-corrected chi connectivity index (χ3v) is 2.59. The SMILES string of the molecule is NC(=S)c1nccn1-c1cc2n[nH]c(=O)n2cn1. The lowest BCUT2D eigenvalue weighted by Crippen LogP contribution is -2.17. The van der Waals surface area contributed by atoms with Gasteiger partial charge in [-0.1, -0.05) is 12.2 Å². The fourth-order valence-electron chi connectivity index (χ4n) is 1.60. The average molecular weight is 261 g/mol. The second-order valence-electron chi connectivity index (χ2n) is 3.49. The van der Waals surface area contributed by atoms with Crippen molar-refractivity contribution in [2.75, 3.05) is 0 Å². The standard InChI is InChI=1S/C9H7N7OS/c10-7(18)8-11-1-2-15(8)5-3-6-13-14-9(17)16(6)4-12-5/h1-4H,(H2,10,18)(H,14,17). The number of nitrogens with zero attached hydrogens (tertiary/aromatic N) is 5. The number of fused-ring (bicyclic) bond motifs is 1. The molecule has 18 heavy (non-hydrogen) atoms. The number of nitrogens with one attached hydrogen (secondary N) is 1. The van der Waals surface area contributed by atoms with Crippen LogP contribution in [0.3, 0.4) is 0 Å². The highest BCUT2D eigenvalue weighted by atomic mass is 32.1. The van der Waals surface area contributed by atoms with Crippen molar-refractivity contribution in [1.82, 2.24) is 29.1 Å². The molecule has 0 unspecified atom stereocenters. The van der Waals surface area contributed by atoms with Gasteiger partial charge in [0.15, 0.2) is 11.5 Å². The Bertz CT molecular complexity index is 798. The summed E-state index contributed by atoms with van der Waals surface area (Å²) < 4.78 is 2.92. The van der Waals surface area contributed by atoms with Crippen LogP contribution < -0.4 is 11.4 Å². The van der Waals surface area contributed by atoms with E-state index in [9.17, 15) is 4.79 Å². The highest BCUT2D eigenvalue weighted by Gasteiger charge is 2.10. The highest BCUT2D eigenvalue weighted by Crippen LogP contribution is 2.08. The van der Waals surface area contributed by atoms with Gasteiger partial charge in [0.1, 0.15) is 17.1 Å². The van der Waals surface area contributed by atoms with Gasteiger partial charge in [0.05, 0.1) is 0 Å². The first-order valence-corrected chi connectivity index (χ1v) is 5.34. The van der Waals surface area contributed by atoms with Crippen LogP contribution in [0.5, 0.6) is 0 Å². The van der Waals surface area contributed by atoms with Crippen molar-refractivity contribution in [3.05, 3.63) is 41.1 Å². The molecule has 8 nitrogen and oxygen atoms in total. The first kappa shape index (κ1) is 10.6. The molecule has 0 aliphatic carbocycles. The summed E-state index contributed by atoms with van der Waals surface area (Å²) in [6.07, 6.45) is 4.62. The zero-order chi connectivity index (χ0) is 12.7. The number of rotatable bonds is 2. The summed E-state index contributed by atoms with van der Waals surface area (Å²) in [5.41, 5.74) is 5.66. The van der Waals surface area contributed by atoms with Crippen LogP contribution in [0.2, 0.25) is 0 Å². The molecule has 0 amide bonds. The van der Waals surface area contributed by atoms with Gasteiger partial charge in [-0.2, -0.15) is 5.10 Å². The van der Waals surface area contributed by atoms with Crippen molar-refractivity contribution in [2.45, 2.75) is 0 Å². The molecule has 3 aromatic rings. The number of aromatic amines is 1. The van der Waals surface area contributed by atoms with Gasteiger partial charge in [-0.25, -0.2) is 24.3 Å². The van der Waals surface area contributed by atoms with E-state index in [2.05, 4.69) is 20.2 Å². The van der Waals surface area contributed by atoms with Gasteiger partial charge in [0.25, 0.3) is 0 Å². The van der Waals surface area contributed by atoms with E-state index in [1.54, 1.807) is 23.0 Å². The van der Waals surface area contributed by atoms with Gasteiger partial charge in [-0.05, 0) is 0 Å². The fraction of sp³-hybridized carbons (Fsp3) is 0. The minimum atomic E-state index is -0.343. The molecule has 0 saturated heterocycles. The highest BCUT2D eigenvalue weighted by molar-refractivity contribution is 7.80. The molecule has 0 bridgehead atoms. The van der Waals surface area contributed by atoms with Crippen molar-refractivity contribution < 1.29 is 0 Å². The molecular formula is C9H7N7OS. The molecule has 0 spiro atoms. The van der Waals surface area contributed by atoms with Gasteiger partial charge >= 0.3 is 5.69 Å². The Hall–Kier alpha value is -2.55. The Morgan fingerprint density at radius 1 is 1.44 bits per heavy atom. The molecule has 9 heteroatoms. The Balaban J connectivity index is 2.22. The second kappa shape index (κ2) is 3.74. The zero-order valence-electron chi connectivity index (χ0n) is 8.94. The molecule has 0 aromatic carbocycles. The van der Waals surface area contributed by atoms with E-state index in [0.29, 0.717) is 17.3 Å². The van der Waals surface area contributed by atoms with Gasteiger partial charge in [0.2, 0.25) is 0 Å². The van der Waals surface area contributed by atoms with Crippen LogP contribution in [0, 0.1) is 0 Å². The predicted octanol–water partition coefficient (Wildman–Crippen LogP) is -0.763. The summed E-state index contributed by atoms with van der Waals surface area (Å²) in [4.78, 5) is 19.6. The molecule has 0 saturated carbocycles. The molecular weight excluding hydrogens is 254 g/mol. The fourth-order valence-corrected chi connectivity index (χ4v) is 1.75. The molecule has 3 rings (SSSR count). The van der Waals surface area contributed by atoms with Crippen LogP contribution in [0.15, 0.2) is 29.6 Å². The van der Waals surface area contributed by atoms with Crippen molar-refractivity contribution in [1.29, 1.82) is 0 Å². The third-order valence-electron chi connectivity index (χ3n) is 2.40. The number of H-pyrrole nitrogens is 1. The summed E-state index contributed by atoms with van der Waals surface area (Å²) in [5.74, 6) is 0.960. The minimum absolute atomic E-state index is 0.168. The van der Waals surface area contributed by atoms with Crippen LogP contribution in [0.4, 0.5) is 0 Å². The molecule has 0 aliphatic rings. The molecule has 90 valence electrons. The van der Waals surface area contributed by atoms with Crippen LogP contribution in [0.1, 0.15) is 5.82 Å².